The molecule has 0 heterocycles. The lowest BCUT2D eigenvalue weighted by Crippen LogP contribution is -2.39. The van der Waals surface area contributed by atoms with Gasteiger partial charge in [0.1, 0.15) is 18.0 Å². The van der Waals surface area contributed by atoms with E-state index in [2.05, 4.69) is 33.9 Å². The number of phenols is 1. The third kappa shape index (κ3) is 6.83. The van der Waals surface area contributed by atoms with E-state index < -0.39 is 0 Å². The maximum absolute atomic E-state index is 12.1. The fraction of sp³-hybridized carbons (Fsp3) is 0.333. The number of benzene rings is 2. The number of guanidine groups is 1. The highest BCUT2D eigenvalue weighted by molar-refractivity contribution is 5.94. The van der Waals surface area contributed by atoms with E-state index in [9.17, 15) is 9.90 Å². The van der Waals surface area contributed by atoms with Gasteiger partial charge in [0.25, 0.3) is 0 Å². The fourth-order valence-corrected chi connectivity index (χ4v) is 2.66. The van der Waals surface area contributed by atoms with Crippen molar-refractivity contribution in [2.45, 2.75) is 20.3 Å². The molecule has 2 rings (SSSR count). The number of hydrogen-bond acceptors (Lipinski definition) is 4. The van der Waals surface area contributed by atoms with Crippen molar-refractivity contribution in [1.29, 1.82) is 0 Å². The van der Waals surface area contributed by atoms with Crippen molar-refractivity contribution >= 4 is 17.6 Å². The first-order valence-corrected chi connectivity index (χ1v) is 9.26. The molecule has 4 N–H and O–H groups in total. The highest BCUT2D eigenvalue weighted by Gasteiger charge is 2.06. The summed E-state index contributed by atoms with van der Waals surface area (Å²) in [5.41, 5.74) is 2.92. The summed E-state index contributed by atoms with van der Waals surface area (Å²) >= 11 is 0. The van der Waals surface area contributed by atoms with Crippen molar-refractivity contribution in [1.82, 2.24) is 10.6 Å². The van der Waals surface area contributed by atoms with Gasteiger partial charge in [-0.05, 0) is 56.2 Å². The predicted molar refractivity (Wildman–Crippen MR) is 112 cm³/mol. The summed E-state index contributed by atoms with van der Waals surface area (Å²) in [5.74, 6) is 1.36. The Morgan fingerprint density at radius 3 is 2.57 bits per heavy atom. The molecule has 1 amide bonds. The standard InChI is InChI=1S/C21H28N4O3/c1-4-22-21(23-12-11-16-13-15(2)5-10-19(16)28-3)24-14-20(27)25-17-6-8-18(26)9-7-17/h5-10,13,26H,4,11-12,14H2,1-3H3,(H,25,27)(H2,22,23,24). The molecule has 7 nitrogen and oxygen atoms in total. The van der Waals surface area contributed by atoms with Crippen LogP contribution in [0.4, 0.5) is 5.69 Å². The molecule has 0 spiro atoms. The zero-order valence-corrected chi connectivity index (χ0v) is 16.6. The molecule has 0 aromatic heterocycles. The number of carbonyl (C=O) groups excluding carboxylic acids is 1. The highest BCUT2D eigenvalue weighted by Crippen LogP contribution is 2.19. The lowest BCUT2D eigenvalue weighted by Gasteiger charge is -2.13. The van der Waals surface area contributed by atoms with Crippen LogP contribution in [0.1, 0.15) is 18.1 Å². The van der Waals surface area contributed by atoms with Gasteiger partial charge in [-0.2, -0.15) is 0 Å². The van der Waals surface area contributed by atoms with Crippen LogP contribution in [0, 0.1) is 6.92 Å². The van der Waals surface area contributed by atoms with Gasteiger partial charge < -0.3 is 25.8 Å². The Kier molecular flexibility index (Phi) is 8.14. The van der Waals surface area contributed by atoms with Crippen molar-refractivity contribution in [3.8, 4) is 11.5 Å². The smallest absolute Gasteiger partial charge is 0.246 e. The average Bonchev–Trinajstić information content (AvgIpc) is 2.68. The van der Waals surface area contributed by atoms with Gasteiger partial charge in [0, 0.05) is 18.8 Å². The molecule has 7 heteroatoms. The summed E-state index contributed by atoms with van der Waals surface area (Å²) in [6.07, 6.45) is 0.773. The number of nitrogens with one attached hydrogen (secondary N) is 3. The monoisotopic (exact) mass is 384 g/mol. The van der Waals surface area contributed by atoms with Crippen molar-refractivity contribution in [2.24, 2.45) is 4.99 Å². The number of ether oxygens (including phenoxy) is 1. The number of anilines is 1. The molecule has 0 aliphatic heterocycles. The number of nitrogens with zero attached hydrogens (tertiary/aromatic N) is 1. The molecule has 0 bridgehead atoms. The minimum atomic E-state index is -0.233. The van der Waals surface area contributed by atoms with E-state index in [1.54, 1.807) is 19.2 Å². The Morgan fingerprint density at radius 2 is 1.89 bits per heavy atom. The van der Waals surface area contributed by atoms with E-state index in [4.69, 9.17) is 4.74 Å². The van der Waals surface area contributed by atoms with E-state index >= 15 is 0 Å². The molecular formula is C21H28N4O3. The average molecular weight is 384 g/mol. The number of hydrogen-bond donors (Lipinski definition) is 4. The number of aryl methyl sites for hydroxylation is 1. The molecule has 0 unspecified atom stereocenters. The molecule has 0 fully saturated rings. The maximum atomic E-state index is 12.1. The number of phenolic OH excluding ortho intramolecular Hbond substituents is 1. The van der Waals surface area contributed by atoms with Gasteiger partial charge in [0.15, 0.2) is 5.96 Å². The largest absolute Gasteiger partial charge is 0.508 e. The zero-order chi connectivity index (χ0) is 20.4. The first-order chi connectivity index (χ1) is 13.5. The first kappa shape index (κ1) is 21.1. The van der Waals surface area contributed by atoms with Crippen LogP contribution in [-0.4, -0.2) is 43.7 Å². The minimum Gasteiger partial charge on any atom is -0.508 e. The second kappa shape index (κ2) is 10.8. The number of aliphatic imine (C=N–C) groups is 1. The Bertz CT molecular complexity index is 804. The van der Waals surface area contributed by atoms with E-state index in [-0.39, 0.29) is 18.2 Å². The highest BCUT2D eigenvalue weighted by atomic mass is 16.5. The summed E-state index contributed by atoms with van der Waals surface area (Å²) in [6.45, 7) is 5.36. The van der Waals surface area contributed by atoms with Gasteiger partial charge >= 0.3 is 0 Å². The molecule has 0 aliphatic carbocycles. The van der Waals surface area contributed by atoms with E-state index in [0.29, 0.717) is 24.7 Å². The van der Waals surface area contributed by atoms with E-state index in [1.807, 2.05) is 19.1 Å². The molecule has 0 aliphatic rings. The van der Waals surface area contributed by atoms with Gasteiger partial charge in [-0.15, -0.1) is 0 Å². The molecule has 28 heavy (non-hydrogen) atoms. The van der Waals surface area contributed by atoms with Crippen LogP contribution in [0.2, 0.25) is 0 Å². The second-order valence-electron chi connectivity index (χ2n) is 6.28. The normalized spacial score (nSPS) is 11.0. The summed E-state index contributed by atoms with van der Waals surface area (Å²) in [6, 6.07) is 12.4. The topological polar surface area (TPSA) is 95.0 Å². The molecular weight excluding hydrogens is 356 g/mol. The van der Waals surface area contributed by atoms with Crippen LogP contribution in [0.15, 0.2) is 47.5 Å². The van der Waals surface area contributed by atoms with E-state index in [0.717, 1.165) is 17.7 Å². The summed E-state index contributed by atoms with van der Waals surface area (Å²) < 4.78 is 5.41. The molecule has 150 valence electrons. The lowest BCUT2D eigenvalue weighted by atomic mass is 10.1. The van der Waals surface area contributed by atoms with Gasteiger partial charge in [0.05, 0.1) is 7.11 Å². The molecule has 0 saturated heterocycles. The van der Waals surface area contributed by atoms with E-state index in [1.165, 1.54) is 17.7 Å². The van der Waals surface area contributed by atoms with Gasteiger partial charge in [0.2, 0.25) is 5.91 Å². The third-order valence-electron chi connectivity index (χ3n) is 4.00. The van der Waals surface area contributed by atoms with Crippen molar-refractivity contribution in [2.75, 3.05) is 32.1 Å². The Labute approximate surface area is 165 Å². The fourth-order valence-electron chi connectivity index (χ4n) is 2.66. The molecule has 2 aromatic rings. The van der Waals surface area contributed by atoms with Crippen LogP contribution < -0.4 is 20.7 Å². The molecule has 2 aromatic carbocycles. The number of carbonyl (C=O) groups is 1. The Morgan fingerprint density at radius 1 is 1.14 bits per heavy atom. The Balaban J connectivity index is 1.88. The second-order valence-corrected chi connectivity index (χ2v) is 6.28. The predicted octanol–water partition coefficient (Wildman–Crippen LogP) is 2.45. The number of rotatable bonds is 8. The van der Waals surface area contributed by atoms with Crippen molar-refractivity contribution in [3.63, 3.8) is 0 Å². The van der Waals surface area contributed by atoms with Crippen LogP contribution >= 0.6 is 0 Å². The molecule has 0 radical (unpaired) electrons. The van der Waals surface area contributed by atoms with Crippen LogP contribution in [0.5, 0.6) is 11.5 Å². The Hall–Kier alpha value is -3.22. The number of amides is 1. The zero-order valence-electron chi connectivity index (χ0n) is 16.6. The molecule has 0 atom stereocenters. The van der Waals surface area contributed by atoms with Crippen LogP contribution in [-0.2, 0) is 11.2 Å². The van der Waals surface area contributed by atoms with Crippen LogP contribution in [0.25, 0.3) is 0 Å². The lowest BCUT2D eigenvalue weighted by molar-refractivity contribution is -0.114. The van der Waals surface area contributed by atoms with Gasteiger partial charge in [-0.3, -0.25) is 4.79 Å². The van der Waals surface area contributed by atoms with Gasteiger partial charge in [-0.1, -0.05) is 17.7 Å². The maximum Gasteiger partial charge on any atom is 0.246 e. The van der Waals surface area contributed by atoms with Gasteiger partial charge in [-0.25, -0.2) is 4.99 Å². The summed E-state index contributed by atoms with van der Waals surface area (Å²) in [7, 11) is 1.67. The quantitative estimate of drug-likeness (QED) is 0.319. The summed E-state index contributed by atoms with van der Waals surface area (Å²) in [4.78, 5) is 16.4. The van der Waals surface area contributed by atoms with Crippen LogP contribution in [0.3, 0.4) is 0 Å². The molecule has 0 saturated carbocycles. The number of methoxy groups -OCH3 is 1. The number of aromatic hydroxyl groups is 1. The van der Waals surface area contributed by atoms with Crippen molar-refractivity contribution < 1.29 is 14.6 Å². The third-order valence-corrected chi connectivity index (χ3v) is 4.00. The SMILES string of the molecule is CCNC(=NCC(=O)Nc1ccc(O)cc1)NCCc1cc(C)ccc1OC. The summed E-state index contributed by atoms with van der Waals surface area (Å²) in [5, 5.41) is 18.4. The van der Waals surface area contributed by atoms with Crippen molar-refractivity contribution in [3.05, 3.63) is 53.6 Å². The first-order valence-electron chi connectivity index (χ1n) is 9.26. The minimum absolute atomic E-state index is 0.00994.